The van der Waals surface area contributed by atoms with Crippen LogP contribution in [0.4, 0.5) is 0 Å². The third-order valence-electron chi connectivity index (χ3n) is 2.43. The average Bonchev–Trinajstić information content (AvgIpc) is 2.63. The lowest BCUT2D eigenvalue weighted by atomic mass is 10.0. The van der Waals surface area contributed by atoms with E-state index in [0.29, 0.717) is 0 Å². The molecule has 0 saturated carbocycles. The van der Waals surface area contributed by atoms with Gasteiger partial charge in [-0.1, -0.05) is 35.5 Å². The van der Waals surface area contributed by atoms with E-state index in [2.05, 4.69) is 36.3 Å². The molecule has 0 spiro atoms. The summed E-state index contributed by atoms with van der Waals surface area (Å²) in [6, 6.07) is 10.5. The van der Waals surface area contributed by atoms with Crippen LogP contribution in [0.5, 0.6) is 0 Å². The van der Waals surface area contributed by atoms with Crippen LogP contribution in [0.3, 0.4) is 0 Å². The van der Waals surface area contributed by atoms with E-state index in [1.165, 1.54) is 11.3 Å². The van der Waals surface area contributed by atoms with Crippen molar-refractivity contribution >= 4 is 5.71 Å². The Hall–Kier alpha value is -1.31. The first-order valence-electron chi connectivity index (χ1n) is 5.10. The van der Waals surface area contributed by atoms with E-state index in [1.54, 1.807) is 0 Å². The highest BCUT2D eigenvalue weighted by Crippen LogP contribution is 2.13. The normalized spacial score (nSPS) is 20.4. The molecule has 1 heterocycles. The molecule has 0 aliphatic carbocycles. The Kier molecular flexibility index (Phi) is 2.82. The zero-order valence-corrected chi connectivity index (χ0v) is 8.44. The van der Waals surface area contributed by atoms with Crippen LogP contribution in [0.15, 0.2) is 35.5 Å². The Morgan fingerprint density at radius 1 is 1.29 bits per heavy atom. The Bertz CT molecular complexity index is 318. The van der Waals surface area contributed by atoms with Gasteiger partial charge in [-0.15, -0.1) is 0 Å². The van der Waals surface area contributed by atoms with E-state index in [4.69, 9.17) is 4.84 Å². The summed E-state index contributed by atoms with van der Waals surface area (Å²) < 4.78 is 0. The second-order valence-electron chi connectivity index (χ2n) is 3.76. The minimum Gasteiger partial charge on any atom is -0.392 e. The minimum absolute atomic E-state index is 0.278. The second-order valence-corrected chi connectivity index (χ2v) is 3.76. The molecular formula is C12H15NO. The van der Waals surface area contributed by atoms with Crippen molar-refractivity contribution in [1.82, 2.24) is 0 Å². The quantitative estimate of drug-likeness (QED) is 0.716. The smallest absolute Gasteiger partial charge is 0.130 e. The maximum atomic E-state index is 5.14. The zero-order chi connectivity index (χ0) is 9.80. The molecule has 0 bridgehead atoms. The molecule has 0 fully saturated rings. The third-order valence-corrected chi connectivity index (χ3v) is 2.43. The van der Waals surface area contributed by atoms with Gasteiger partial charge in [-0.05, 0) is 25.3 Å². The minimum atomic E-state index is 0.278. The van der Waals surface area contributed by atoms with E-state index < -0.39 is 0 Å². The van der Waals surface area contributed by atoms with Gasteiger partial charge in [0.2, 0.25) is 0 Å². The predicted octanol–water partition coefficient (Wildman–Crippen LogP) is 2.78. The van der Waals surface area contributed by atoms with E-state index in [1.807, 2.05) is 6.07 Å². The Morgan fingerprint density at radius 3 is 2.71 bits per heavy atom. The number of aryl methyl sites for hydroxylation is 1. The Balaban J connectivity index is 1.84. The molecule has 2 heteroatoms. The standard InChI is InChI=1S/C12H15NO/c1-10-9-12(13-14-10)8-7-11-5-3-2-4-6-11/h2-6,10H,7-9H2,1H3. The van der Waals surface area contributed by atoms with Crippen LogP contribution in [0.25, 0.3) is 0 Å². The molecule has 74 valence electrons. The SMILES string of the molecule is CC1CC(CCc2ccccc2)=NO1. The van der Waals surface area contributed by atoms with E-state index >= 15 is 0 Å². The number of rotatable bonds is 3. The highest BCUT2D eigenvalue weighted by Gasteiger charge is 2.15. The number of hydrogen-bond acceptors (Lipinski definition) is 2. The van der Waals surface area contributed by atoms with Gasteiger partial charge in [0, 0.05) is 6.42 Å². The molecule has 0 radical (unpaired) electrons. The summed E-state index contributed by atoms with van der Waals surface area (Å²) in [7, 11) is 0. The molecule has 1 aliphatic heterocycles. The van der Waals surface area contributed by atoms with Gasteiger partial charge >= 0.3 is 0 Å². The van der Waals surface area contributed by atoms with Crippen LogP contribution in [-0.2, 0) is 11.3 Å². The average molecular weight is 189 g/mol. The molecule has 0 saturated heterocycles. The lowest BCUT2D eigenvalue weighted by Gasteiger charge is -1.99. The fourth-order valence-electron chi connectivity index (χ4n) is 1.65. The van der Waals surface area contributed by atoms with Crippen molar-refractivity contribution in [3.05, 3.63) is 35.9 Å². The molecular weight excluding hydrogens is 174 g/mol. The maximum absolute atomic E-state index is 5.14. The number of oxime groups is 1. The fourth-order valence-corrected chi connectivity index (χ4v) is 1.65. The number of hydrogen-bond donors (Lipinski definition) is 0. The van der Waals surface area contributed by atoms with Crippen molar-refractivity contribution in [3.63, 3.8) is 0 Å². The first kappa shape index (κ1) is 9.25. The van der Waals surface area contributed by atoms with Gasteiger partial charge in [-0.25, -0.2) is 0 Å². The molecule has 1 atom stereocenters. The first-order valence-corrected chi connectivity index (χ1v) is 5.10. The van der Waals surface area contributed by atoms with Gasteiger partial charge < -0.3 is 4.84 Å². The molecule has 1 aromatic carbocycles. The van der Waals surface area contributed by atoms with Crippen molar-refractivity contribution in [2.75, 3.05) is 0 Å². The largest absolute Gasteiger partial charge is 0.392 e. The molecule has 1 unspecified atom stereocenters. The van der Waals surface area contributed by atoms with Crippen molar-refractivity contribution in [3.8, 4) is 0 Å². The van der Waals surface area contributed by atoms with Gasteiger partial charge in [0.05, 0.1) is 5.71 Å². The van der Waals surface area contributed by atoms with Crippen LogP contribution in [0, 0.1) is 0 Å². The molecule has 2 rings (SSSR count). The van der Waals surface area contributed by atoms with Crippen LogP contribution in [-0.4, -0.2) is 11.8 Å². The summed E-state index contributed by atoms with van der Waals surface area (Å²) in [5, 5.41) is 4.05. The monoisotopic (exact) mass is 189 g/mol. The highest BCUT2D eigenvalue weighted by molar-refractivity contribution is 5.85. The lowest BCUT2D eigenvalue weighted by molar-refractivity contribution is 0.0995. The molecule has 0 N–H and O–H groups in total. The van der Waals surface area contributed by atoms with Crippen molar-refractivity contribution < 1.29 is 4.84 Å². The summed E-state index contributed by atoms with van der Waals surface area (Å²) in [6.07, 6.45) is 3.36. The Labute approximate surface area is 84.6 Å². The highest BCUT2D eigenvalue weighted by atomic mass is 16.6. The van der Waals surface area contributed by atoms with E-state index in [9.17, 15) is 0 Å². The topological polar surface area (TPSA) is 21.6 Å². The van der Waals surface area contributed by atoms with Crippen LogP contribution >= 0.6 is 0 Å². The summed E-state index contributed by atoms with van der Waals surface area (Å²) >= 11 is 0. The molecule has 0 amide bonds. The number of benzene rings is 1. The summed E-state index contributed by atoms with van der Waals surface area (Å²) in [6.45, 7) is 2.05. The molecule has 0 aromatic heterocycles. The van der Waals surface area contributed by atoms with Gasteiger partial charge in [-0.2, -0.15) is 0 Å². The van der Waals surface area contributed by atoms with E-state index in [0.717, 1.165) is 19.3 Å². The van der Waals surface area contributed by atoms with Crippen molar-refractivity contribution in [1.29, 1.82) is 0 Å². The fraction of sp³-hybridized carbons (Fsp3) is 0.417. The second kappa shape index (κ2) is 4.27. The molecule has 1 aromatic rings. The van der Waals surface area contributed by atoms with Gasteiger partial charge in [0.25, 0.3) is 0 Å². The zero-order valence-electron chi connectivity index (χ0n) is 8.44. The van der Waals surface area contributed by atoms with Crippen molar-refractivity contribution in [2.24, 2.45) is 5.16 Å². The van der Waals surface area contributed by atoms with Gasteiger partial charge in [0.1, 0.15) is 6.10 Å². The molecule has 14 heavy (non-hydrogen) atoms. The molecule has 1 aliphatic rings. The van der Waals surface area contributed by atoms with Crippen molar-refractivity contribution in [2.45, 2.75) is 32.3 Å². The molecule has 2 nitrogen and oxygen atoms in total. The van der Waals surface area contributed by atoms with E-state index in [-0.39, 0.29) is 6.10 Å². The summed E-state index contributed by atoms with van der Waals surface area (Å²) in [4.78, 5) is 5.14. The third kappa shape index (κ3) is 2.34. The maximum Gasteiger partial charge on any atom is 0.130 e. The number of nitrogens with zero attached hydrogens (tertiary/aromatic N) is 1. The van der Waals surface area contributed by atoms with Crippen LogP contribution in [0.1, 0.15) is 25.3 Å². The predicted molar refractivity (Wildman–Crippen MR) is 57.4 cm³/mol. The van der Waals surface area contributed by atoms with Gasteiger partial charge in [-0.3, -0.25) is 0 Å². The lowest BCUT2D eigenvalue weighted by Crippen LogP contribution is -2.02. The summed E-state index contributed by atoms with van der Waals surface area (Å²) in [5.74, 6) is 0. The van der Waals surface area contributed by atoms with Gasteiger partial charge in [0.15, 0.2) is 0 Å². The van der Waals surface area contributed by atoms with Crippen LogP contribution < -0.4 is 0 Å². The first-order chi connectivity index (χ1) is 6.84. The Morgan fingerprint density at radius 2 is 2.07 bits per heavy atom. The van der Waals surface area contributed by atoms with Crippen LogP contribution in [0.2, 0.25) is 0 Å². The summed E-state index contributed by atoms with van der Waals surface area (Å²) in [5.41, 5.74) is 2.57.